The molecule has 0 aliphatic carbocycles. The van der Waals surface area contributed by atoms with Crippen LogP contribution in [-0.4, -0.2) is 105 Å². The molecule has 0 radical (unpaired) electrons. The summed E-state index contributed by atoms with van der Waals surface area (Å²) in [6, 6.07) is 0. The van der Waals surface area contributed by atoms with Gasteiger partial charge >= 0.3 is 0 Å². The van der Waals surface area contributed by atoms with E-state index in [0.717, 1.165) is 105 Å². The predicted molar refractivity (Wildman–Crippen MR) is 186 cm³/mol. The van der Waals surface area contributed by atoms with Crippen molar-refractivity contribution in [2.45, 2.75) is 90.9 Å². The molecule has 0 fully saturated rings. The Morgan fingerprint density at radius 2 is 0.488 bits per heavy atom. The quantitative estimate of drug-likeness (QED) is 0.0407. The van der Waals surface area contributed by atoms with Crippen LogP contribution in [0.3, 0.4) is 0 Å². The first-order chi connectivity index (χ1) is 19.9. The van der Waals surface area contributed by atoms with Crippen LogP contribution in [0.1, 0.15) is 90.9 Å². The fourth-order valence-corrected chi connectivity index (χ4v) is 4.39. The van der Waals surface area contributed by atoms with Gasteiger partial charge in [0.15, 0.2) is 0 Å². The monoisotopic (exact) mass is 605 g/mol. The molecular formula is C32H73ClN8. The second-order valence-corrected chi connectivity index (χ2v) is 10.8. The van der Waals surface area contributed by atoms with Gasteiger partial charge in [-0.2, -0.15) is 0 Å². The summed E-state index contributed by atoms with van der Waals surface area (Å²) < 4.78 is 0. The van der Waals surface area contributed by atoms with Gasteiger partial charge in [-0.25, -0.2) is 0 Å². The Morgan fingerprint density at radius 3 is 0.707 bits per heavy atom. The van der Waals surface area contributed by atoms with Crippen LogP contribution in [0.5, 0.6) is 0 Å². The van der Waals surface area contributed by atoms with E-state index in [1.165, 1.54) is 77.0 Å². The van der Waals surface area contributed by atoms with Gasteiger partial charge in [0.1, 0.15) is 0 Å². The summed E-state index contributed by atoms with van der Waals surface area (Å²) >= 11 is 0. The standard InChI is InChI=1S/C32H72N8.ClH/c1-3-33-19-5-7-21-35-23-9-11-25-37-27-13-15-29-39-31-17-18-32-40-30-16-14-28-38-26-12-10-24-36-22-8-6-20-34-4-2;/h17-18,33-40H,3-16,19-32H2,1-2H3;1H/b18-17-;. The number of hydrogen-bond acceptors (Lipinski definition) is 8. The third-order valence-electron chi connectivity index (χ3n) is 6.93. The van der Waals surface area contributed by atoms with E-state index in [1.807, 2.05) is 0 Å². The lowest BCUT2D eigenvalue weighted by atomic mass is 10.2. The van der Waals surface area contributed by atoms with Gasteiger partial charge in [-0.15, -0.1) is 12.4 Å². The highest BCUT2D eigenvalue weighted by molar-refractivity contribution is 5.85. The summed E-state index contributed by atoms with van der Waals surface area (Å²) in [7, 11) is 0. The SMILES string of the molecule is CCNCCCCNCCCCNCCCCNC/C=C\CNCCCCNCCCCNCCCCNCC.Cl. The smallest absolute Gasteiger partial charge is 0.0135 e. The lowest BCUT2D eigenvalue weighted by molar-refractivity contribution is 0.545. The maximum absolute atomic E-state index is 3.58. The van der Waals surface area contributed by atoms with Crippen LogP contribution < -0.4 is 42.5 Å². The van der Waals surface area contributed by atoms with E-state index in [1.54, 1.807) is 0 Å². The van der Waals surface area contributed by atoms with Crippen LogP contribution in [0.25, 0.3) is 0 Å². The van der Waals surface area contributed by atoms with Gasteiger partial charge in [-0.3, -0.25) is 0 Å². The van der Waals surface area contributed by atoms with Crippen molar-refractivity contribution in [3.8, 4) is 0 Å². The van der Waals surface area contributed by atoms with Crippen molar-refractivity contribution >= 4 is 12.4 Å². The second-order valence-electron chi connectivity index (χ2n) is 10.8. The molecular weight excluding hydrogens is 532 g/mol. The molecule has 0 spiro atoms. The number of hydrogen-bond donors (Lipinski definition) is 8. The van der Waals surface area contributed by atoms with Crippen LogP contribution in [0.2, 0.25) is 0 Å². The molecule has 8 N–H and O–H groups in total. The minimum absolute atomic E-state index is 0. The largest absolute Gasteiger partial charge is 0.317 e. The van der Waals surface area contributed by atoms with E-state index in [0.29, 0.717) is 0 Å². The molecule has 0 saturated heterocycles. The molecule has 0 aromatic rings. The van der Waals surface area contributed by atoms with Crippen LogP contribution in [-0.2, 0) is 0 Å². The third kappa shape index (κ3) is 41.9. The second kappa shape index (κ2) is 41.8. The Morgan fingerprint density at radius 1 is 0.293 bits per heavy atom. The van der Waals surface area contributed by atoms with Crippen molar-refractivity contribution < 1.29 is 0 Å². The summed E-state index contributed by atoms with van der Waals surface area (Å²) in [6.45, 7) is 22.2. The normalized spacial score (nSPS) is 11.5. The minimum atomic E-state index is 0. The van der Waals surface area contributed by atoms with E-state index >= 15 is 0 Å². The predicted octanol–water partition coefficient (Wildman–Crippen LogP) is 3.40. The molecule has 0 atom stereocenters. The third-order valence-corrected chi connectivity index (χ3v) is 6.93. The molecule has 9 heteroatoms. The zero-order chi connectivity index (χ0) is 28.9. The summed E-state index contributed by atoms with van der Waals surface area (Å²) in [5.74, 6) is 0. The molecule has 0 heterocycles. The van der Waals surface area contributed by atoms with Crippen molar-refractivity contribution in [1.82, 2.24) is 42.5 Å². The highest BCUT2D eigenvalue weighted by Crippen LogP contribution is 1.91. The molecule has 8 nitrogen and oxygen atoms in total. The van der Waals surface area contributed by atoms with Crippen LogP contribution in [0, 0.1) is 0 Å². The molecule has 41 heavy (non-hydrogen) atoms. The van der Waals surface area contributed by atoms with Crippen molar-refractivity contribution in [3.05, 3.63) is 12.2 Å². The van der Waals surface area contributed by atoms with E-state index in [4.69, 9.17) is 0 Å². The molecule has 0 aliphatic heterocycles. The number of rotatable bonds is 36. The first kappa shape index (κ1) is 42.8. The Labute approximate surface area is 262 Å². The molecule has 248 valence electrons. The highest BCUT2D eigenvalue weighted by atomic mass is 35.5. The van der Waals surface area contributed by atoms with Crippen molar-refractivity contribution in [2.75, 3.05) is 105 Å². The molecule has 0 saturated carbocycles. The fourth-order valence-electron chi connectivity index (χ4n) is 4.39. The maximum atomic E-state index is 3.58. The summed E-state index contributed by atoms with van der Waals surface area (Å²) in [4.78, 5) is 0. The topological polar surface area (TPSA) is 96.2 Å². The molecule has 0 aliphatic rings. The van der Waals surface area contributed by atoms with E-state index < -0.39 is 0 Å². The number of nitrogens with one attached hydrogen (secondary N) is 8. The van der Waals surface area contributed by atoms with Crippen molar-refractivity contribution in [3.63, 3.8) is 0 Å². The first-order valence-corrected chi connectivity index (χ1v) is 17.2. The average molecular weight is 605 g/mol. The van der Waals surface area contributed by atoms with Gasteiger partial charge < -0.3 is 42.5 Å². The van der Waals surface area contributed by atoms with Gasteiger partial charge in [0.2, 0.25) is 0 Å². The van der Waals surface area contributed by atoms with Gasteiger partial charge in [-0.1, -0.05) is 26.0 Å². The zero-order valence-corrected chi connectivity index (χ0v) is 28.2. The van der Waals surface area contributed by atoms with E-state index in [9.17, 15) is 0 Å². The lowest BCUT2D eigenvalue weighted by Gasteiger charge is -2.07. The first-order valence-electron chi connectivity index (χ1n) is 17.2. The van der Waals surface area contributed by atoms with Crippen LogP contribution >= 0.6 is 12.4 Å². The van der Waals surface area contributed by atoms with Gasteiger partial charge in [0.05, 0.1) is 0 Å². The number of unbranched alkanes of at least 4 members (excludes halogenated alkanes) is 6. The lowest BCUT2D eigenvalue weighted by Crippen LogP contribution is -2.22. The van der Waals surface area contributed by atoms with E-state index in [-0.39, 0.29) is 12.4 Å². The molecule has 0 amide bonds. The molecule has 0 unspecified atom stereocenters. The number of halogens is 1. The van der Waals surface area contributed by atoms with Crippen LogP contribution in [0.15, 0.2) is 12.2 Å². The Kier molecular flexibility index (Phi) is 43.7. The Balaban J connectivity index is 0. The molecule has 0 aromatic carbocycles. The molecule has 0 aromatic heterocycles. The van der Waals surface area contributed by atoms with Crippen molar-refractivity contribution in [1.29, 1.82) is 0 Å². The minimum Gasteiger partial charge on any atom is -0.317 e. The summed E-state index contributed by atoms with van der Waals surface area (Å²) in [5, 5.41) is 28.1. The molecule has 0 bridgehead atoms. The fraction of sp³-hybridized carbons (Fsp3) is 0.938. The summed E-state index contributed by atoms with van der Waals surface area (Å²) in [5.41, 5.74) is 0. The Hall–Kier alpha value is -0.290. The highest BCUT2D eigenvalue weighted by Gasteiger charge is 1.94. The van der Waals surface area contributed by atoms with Gasteiger partial charge in [-0.05, 0) is 169 Å². The molecule has 0 rings (SSSR count). The maximum Gasteiger partial charge on any atom is 0.0135 e. The van der Waals surface area contributed by atoms with Gasteiger partial charge in [0.25, 0.3) is 0 Å². The van der Waals surface area contributed by atoms with Crippen molar-refractivity contribution in [2.24, 2.45) is 0 Å². The summed E-state index contributed by atoms with van der Waals surface area (Å²) in [6.07, 6.45) is 19.7. The van der Waals surface area contributed by atoms with Gasteiger partial charge in [0, 0.05) is 13.1 Å². The zero-order valence-electron chi connectivity index (χ0n) is 27.4. The van der Waals surface area contributed by atoms with E-state index in [2.05, 4.69) is 68.5 Å². The van der Waals surface area contributed by atoms with Crippen LogP contribution in [0.4, 0.5) is 0 Å². The average Bonchev–Trinajstić information content (AvgIpc) is 2.97. The Bertz CT molecular complexity index is 431.